The summed E-state index contributed by atoms with van der Waals surface area (Å²) >= 11 is 0. The summed E-state index contributed by atoms with van der Waals surface area (Å²) in [6.45, 7) is 2.23. The molecule has 0 saturated heterocycles. The van der Waals surface area contributed by atoms with Gasteiger partial charge in [0.2, 0.25) is 0 Å². The maximum atomic E-state index is 9.40. The quantitative estimate of drug-likeness (QED) is 0.341. The number of hydrogen-bond acceptors (Lipinski definition) is 1. The molecule has 0 unspecified atom stereocenters. The van der Waals surface area contributed by atoms with Crippen molar-refractivity contribution < 1.29 is 5.11 Å². The lowest BCUT2D eigenvalue weighted by atomic mass is 10.1. The molecule has 0 aromatic heterocycles. The van der Waals surface area contributed by atoms with Gasteiger partial charge in [0.25, 0.3) is 0 Å². The lowest BCUT2D eigenvalue weighted by Crippen LogP contribution is -1.85. The maximum Gasteiger partial charge on any atom is 0.115 e. The van der Waals surface area contributed by atoms with E-state index in [0.717, 1.165) is 12.8 Å². The summed E-state index contributed by atoms with van der Waals surface area (Å²) in [4.78, 5) is 0. The lowest BCUT2D eigenvalue weighted by molar-refractivity contribution is 0.474. The topological polar surface area (TPSA) is 20.2 Å². The molecule has 0 fully saturated rings. The first-order valence-corrected chi connectivity index (χ1v) is 8.91. The second-order valence-corrected chi connectivity index (χ2v) is 5.94. The Morgan fingerprint density at radius 3 is 2.32 bits per heavy atom. The molecule has 0 atom stereocenters. The summed E-state index contributed by atoms with van der Waals surface area (Å²) in [5.74, 6) is 0.381. The Bertz CT molecular complexity index is 431. The number of aryl methyl sites for hydroxylation is 1. The van der Waals surface area contributed by atoms with Gasteiger partial charge in [-0.3, -0.25) is 0 Å². The molecule has 0 aliphatic heterocycles. The number of phenolic OH excluding ortho intramolecular Hbond substituents is 1. The van der Waals surface area contributed by atoms with Gasteiger partial charge in [0.05, 0.1) is 0 Å². The smallest absolute Gasteiger partial charge is 0.115 e. The number of benzene rings is 1. The molecule has 1 rings (SSSR count). The summed E-state index contributed by atoms with van der Waals surface area (Å²) in [5, 5.41) is 9.40. The van der Waals surface area contributed by atoms with E-state index >= 15 is 0 Å². The van der Waals surface area contributed by atoms with Crippen molar-refractivity contribution in [2.75, 3.05) is 0 Å². The molecule has 22 heavy (non-hydrogen) atoms. The van der Waals surface area contributed by atoms with Crippen molar-refractivity contribution in [2.45, 2.75) is 71.1 Å². The minimum absolute atomic E-state index is 0.381. The van der Waals surface area contributed by atoms with E-state index in [-0.39, 0.29) is 0 Å². The Morgan fingerprint density at radius 1 is 0.864 bits per heavy atom. The fourth-order valence-corrected chi connectivity index (χ4v) is 2.49. The molecular formula is C21H32O. The van der Waals surface area contributed by atoms with Crippen molar-refractivity contribution in [3.05, 3.63) is 54.1 Å². The predicted octanol–water partition coefficient (Wildman–Crippen LogP) is 6.58. The van der Waals surface area contributed by atoms with Crippen molar-refractivity contribution >= 4 is 0 Å². The number of rotatable bonds is 12. The van der Waals surface area contributed by atoms with Gasteiger partial charge in [-0.15, -0.1) is 0 Å². The molecule has 0 saturated carbocycles. The highest BCUT2D eigenvalue weighted by molar-refractivity contribution is 5.27. The van der Waals surface area contributed by atoms with E-state index in [4.69, 9.17) is 0 Å². The standard InChI is InChI=1S/C21H32O/c1-2-3-4-5-6-7-8-9-10-11-12-13-14-16-20-17-15-18-21(22)19-20/h5-6,8-9,15,17-19,22H,2-4,7,10-14,16H2,1H3/b6-5+,9-8+. The normalized spacial score (nSPS) is 11.7. The van der Waals surface area contributed by atoms with E-state index in [1.807, 2.05) is 12.1 Å². The van der Waals surface area contributed by atoms with Crippen molar-refractivity contribution in [3.63, 3.8) is 0 Å². The molecule has 0 aliphatic carbocycles. The number of aromatic hydroxyl groups is 1. The predicted molar refractivity (Wildman–Crippen MR) is 97.3 cm³/mol. The second kappa shape index (κ2) is 13.2. The zero-order chi connectivity index (χ0) is 15.9. The molecule has 0 spiro atoms. The van der Waals surface area contributed by atoms with E-state index in [0.29, 0.717) is 5.75 Å². The number of phenols is 1. The Labute approximate surface area is 136 Å². The van der Waals surface area contributed by atoms with Crippen LogP contribution in [0.2, 0.25) is 0 Å². The third kappa shape index (κ3) is 10.3. The SMILES string of the molecule is CCCC/C=C/C/C=C/CCCCCCc1cccc(O)c1. The summed E-state index contributed by atoms with van der Waals surface area (Å²) in [6.07, 6.45) is 21.4. The van der Waals surface area contributed by atoms with Crippen LogP contribution in [0.25, 0.3) is 0 Å². The summed E-state index contributed by atoms with van der Waals surface area (Å²) in [7, 11) is 0. The minimum atomic E-state index is 0.381. The molecule has 1 N–H and O–H groups in total. The van der Waals surface area contributed by atoms with Crippen LogP contribution in [-0.2, 0) is 6.42 Å². The highest BCUT2D eigenvalue weighted by Gasteiger charge is 1.95. The van der Waals surface area contributed by atoms with Crippen LogP contribution >= 0.6 is 0 Å². The molecule has 0 amide bonds. The molecule has 1 aromatic rings. The van der Waals surface area contributed by atoms with E-state index in [1.165, 1.54) is 56.9 Å². The fourth-order valence-electron chi connectivity index (χ4n) is 2.49. The summed E-state index contributed by atoms with van der Waals surface area (Å²) in [6, 6.07) is 7.62. The zero-order valence-corrected chi connectivity index (χ0v) is 14.1. The van der Waals surface area contributed by atoms with E-state index < -0.39 is 0 Å². The van der Waals surface area contributed by atoms with Gasteiger partial charge in [0, 0.05) is 0 Å². The third-order valence-corrected chi connectivity index (χ3v) is 3.83. The van der Waals surface area contributed by atoms with E-state index in [2.05, 4.69) is 37.3 Å². The molecule has 122 valence electrons. The van der Waals surface area contributed by atoms with Crippen LogP contribution in [0.4, 0.5) is 0 Å². The molecule has 0 bridgehead atoms. The van der Waals surface area contributed by atoms with Crippen LogP contribution < -0.4 is 0 Å². The molecule has 1 aromatic carbocycles. The molecule has 0 heterocycles. The average Bonchev–Trinajstić information content (AvgIpc) is 2.52. The molecule has 0 aliphatic rings. The van der Waals surface area contributed by atoms with Gasteiger partial charge in [-0.05, 0) is 56.2 Å². The van der Waals surface area contributed by atoms with Crippen molar-refractivity contribution in [1.29, 1.82) is 0 Å². The van der Waals surface area contributed by atoms with Crippen LogP contribution in [0, 0.1) is 0 Å². The zero-order valence-electron chi connectivity index (χ0n) is 14.1. The van der Waals surface area contributed by atoms with Gasteiger partial charge in [-0.2, -0.15) is 0 Å². The highest BCUT2D eigenvalue weighted by atomic mass is 16.3. The van der Waals surface area contributed by atoms with E-state index in [9.17, 15) is 5.11 Å². The van der Waals surface area contributed by atoms with Crippen LogP contribution in [0.15, 0.2) is 48.6 Å². The Morgan fingerprint density at radius 2 is 1.59 bits per heavy atom. The minimum Gasteiger partial charge on any atom is -0.508 e. The second-order valence-electron chi connectivity index (χ2n) is 5.94. The van der Waals surface area contributed by atoms with Gasteiger partial charge < -0.3 is 5.11 Å². The fraction of sp³-hybridized carbons (Fsp3) is 0.524. The third-order valence-electron chi connectivity index (χ3n) is 3.83. The number of allylic oxidation sites excluding steroid dienone is 4. The Hall–Kier alpha value is -1.50. The van der Waals surface area contributed by atoms with Crippen LogP contribution in [0.1, 0.15) is 70.3 Å². The maximum absolute atomic E-state index is 9.40. The Balaban J connectivity index is 1.92. The first-order chi connectivity index (χ1) is 10.8. The average molecular weight is 300 g/mol. The number of unbranched alkanes of at least 4 members (excludes halogenated alkanes) is 6. The van der Waals surface area contributed by atoms with E-state index in [1.54, 1.807) is 6.07 Å². The monoisotopic (exact) mass is 300 g/mol. The van der Waals surface area contributed by atoms with Crippen LogP contribution in [0.5, 0.6) is 5.75 Å². The molecule has 1 nitrogen and oxygen atoms in total. The Kier molecular flexibility index (Phi) is 11.1. The number of hydrogen-bond donors (Lipinski definition) is 1. The van der Waals surface area contributed by atoms with Gasteiger partial charge in [0.1, 0.15) is 5.75 Å². The molecular weight excluding hydrogens is 268 g/mol. The van der Waals surface area contributed by atoms with Crippen LogP contribution in [-0.4, -0.2) is 5.11 Å². The first kappa shape index (κ1) is 18.5. The first-order valence-electron chi connectivity index (χ1n) is 8.91. The molecule has 0 radical (unpaired) electrons. The lowest BCUT2D eigenvalue weighted by Gasteiger charge is -2.02. The molecule has 1 heteroatoms. The highest BCUT2D eigenvalue weighted by Crippen LogP contribution is 2.14. The van der Waals surface area contributed by atoms with Crippen molar-refractivity contribution in [2.24, 2.45) is 0 Å². The van der Waals surface area contributed by atoms with Gasteiger partial charge in [-0.1, -0.05) is 69.0 Å². The van der Waals surface area contributed by atoms with Crippen molar-refractivity contribution in [3.8, 4) is 5.75 Å². The largest absolute Gasteiger partial charge is 0.508 e. The van der Waals surface area contributed by atoms with Crippen LogP contribution in [0.3, 0.4) is 0 Å². The van der Waals surface area contributed by atoms with Gasteiger partial charge >= 0.3 is 0 Å². The van der Waals surface area contributed by atoms with Crippen molar-refractivity contribution in [1.82, 2.24) is 0 Å². The van der Waals surface area contributed by atoms with Gasteiger partial charge in [0.15, 0.2) is 0 Å². The van der Waals surface area contributed by atoms with Gasteiger partial charge in [-0.25, -0.2) is 0 Å². The summed E-state index contributed by atoms with van der Waals surface area (Å²) in [5.41, 5.74) is 1.25. The summed E-state index contributed by atoms with van der Waals surface area (Å²) < 4.78 is 0.